The van der Waals surface area contributed by atoms with Crippen LogP contribution < -0.4 is 5.32 Å². The highest BCUT2D eigenvalue weighted by Gasteiger charge is 2.34. The number of rotatable bonds is 3. The lowest BCUT2D eigenvalue weighted by atomic mass is 9.84. The summed E-state index contributed by atoms with van der Waals surface area (Å²) in [7, 11) is 0. The fourth-order valence-corrected chi connectivity index (χ4v) is 3.54. The van der Waals surface area contributed by atoms with E-state index >= 15 is 0 Å². The van der Waals surface area contributed by atoms with Gasteiger partial charge in [-0.1, -0.05) is 0 Å². The molecule has 0 saturated carbocycles. The fourth-order valence-electron chi connectivity index (χ4n) is 3.54. The van der Waals surface area contributed by atoms with Gasteiger partial charge in [-0.3, -0.25) is 0 Å². The lowest BCUT2D eigenvalue weighted by Gasteiger charge is -2.45. The molecule has 0 aromatic heterocycles. The second kappa shape index (κ2) is 4.63. The Hall–Kier alpha value is -0.120. The minimum absolute atomic E-state index is 0.466. The number of nitrogens with zero attached hydrogens (tertiary/aromatic N) is 1. The third kappa shape index (κ3) is 2.13. The molecule has 3 atom stereocenters. The molecular formula is C13H24N2O. The van der Waals surface area contributed by atoms with E-state index in [1.807, 2.05) is 0 Å². The minimum atomic E-state index is 0.466. The second-order valence-electron chi connectivity index (χ2n) is 5.78. The molecule has 1 N–H and O–H groups in total. The molecule has 0 spiro atoms. The van der Waals surface area contributed by atoms with Crippen LogP contribution in [0, 0.1) is 11.8 Å². The van der Waals surface area contributed by atoms with Crippen molar-refractivity contribution in [2.24, 2.45) is 11.8 Å². The van der Waals surface area contributed by atoms with Crippen molar-refractivity contribution in [3.05, 3.63) is 0 Å². The molecule has 3 heteroatoms. The van der Waals surface area contributed by atoms with Crippen LogP contribution in [0.4, 0.5) is 0 Å². The second-order valence-corrected chi connectivity index (χ2v) is 5.78. The Morgan fingerprint density at radius 1 is 1.25 bits per heavy atom. The van der Waals surface area contributed by atoms with Gasteiger partial charge in [-0.2, -0.15) is 0 Å². The Labute approximate surface area is 98.5 Å². The maximum absolute atomic E-state index is 5.62. The lowest BCUT2D eigenvalue weighted by Crippen LogP contribution is -2.56. The summed E-state index contributed by atoms with van der Waals surface area (Å²) in [6.45, 7) is 8.31. The monoisotopic (exact) mass is 224 g/mol. The molecule has 0 aliphatic carbocycles. The molecule has 3 nitrogen and oxygen atoms in total. The van der Waals surface area contributed by atoms with Gasteiger partial charge in [0.25, 0.3) is 0 Å². The topological polar surface area (TPSA) is 24.5 Å². The van der Waals surface area contributed by atoms with Crippen LogP contribution in [0.15, 0.2) is 0 Å². The predicted molar refractivity (Wildman–Crippen MR) is 64.5 cm³/mol. The zero-order chi connectivity index (χ0) is 11.0. The van der Waals surface area contributed by atoms with Gasteiger partial charge in [-0.15, -0.1) is 0 Å². The van der Waals surface area contributed by atoms with Crippen LogP contribution in [0.3, 0.4) is 0 Å². The van der Waals surface area contributed by atoms with Crippen molar-refractivity contribution >= 4 is 0 Å². The van der Waals surface area contributed by atoms with Gasteiger partial charge in [0.15, 0.2) is 0 Å². The zero-order valence-electron chi connectivity index (χ0n) is 10.3. The first-order valence-corrected chi connectivity index (χ1v) is 6.90. The molecule has 4 saturated heterocycles. The molecular weight excluding hydrogens is 200 g/mol. The molecule has 4 fully saturated rings. The number of hydrogen-bond acceptors (Lipinski definition) is 3. The molecule has 4 heterocycles. The quantitative estimate of drug-likeness (QED) is 0.777. The molecule has 0 aromatic rings. The fraction of sp³-hybridized carbons (Fsp3) is 1.00. The largest absolute Gasteiger partial charge is 0.378 e. The summed E-state index contributed by atoms with van der Waals surface area (Å²) in [4.78, 5) is 2.62. The summed E-state index contributed by atoms with van der Waals surface area (Å²) in [6, 6.07) is 0.760. The summed E-state index contributed by atoms with van der Waals surface area (Å²) in [6.07, 6.45) is 4.53. The third-order valence-electron chi connectivity index (χ3n) is 4.83. The smallest absolute Gasteiger partial charge is 0.0588 e. The van der Waals surface area contributed by atoms with E-state index in [-0.39, 0.29) is 0 Å². The lowest BCUT2D eigenvalue weighted by molar-refractivity contribution is 0.0654. The van der Waals surface area contributed by atoms with E-state index in [1.165, 1.54) is 38.9 Å². The Kier molecular flexibility index (Phi) is 3.18. The number of ether oxygens (including phenoxy) is 1. The average Bonchev–Trinajstić information content (AvgIpc) is 2.74. The zero-order valence-corrected chi connectivity index (χ0v) is 10.3. The van der Waals surface area contributed by atoms with E-state index in [9.17, 15) is 0 Å². The normalized spacial score (nSPS) is 47.4. The van der Waals surface area contributed by atoms with Crippen LogP contribution in [0.2, 0.25) is 0 Å². The van der Waals surface area contributed by atoms with Gasteiger partial charge < -0.3 is 15.0 Å². The molecule has 4 aliphatic heterocycles. The van der Waals surface area contributed by atoms with Crippen LogP contribution >= 0.6 is 0 Å². The van der Waals surface area contributed by atoms with E-state index < -0.39 is 0 Å². The van der Waals surface area contributed by atoms with Gasteiger partial charge in [0.2, 0.25) is 0 Å². The van der Waals surface area contributed by atoms with Crippen molar-refractivity contribution < 1.29 is 4.74 Å². The maximum Gasteiger partial charge on any atom is 0.0588 e. The first-order valence-electron chi connectivity index (χ1n) is 6.90. The number of piperidine rings is 3. The summed E-state index contributed by atoms with van der Waals surface area (Å²) in [5, 5.41) is 3.80. The van der Waals surface area contributed by atoms with Crippen LogP contribution in [-0.2, 0) is 4.74 Å². The Morgan fingerprint density at radius 2 is 2.06 bits per heavy atom. The van der Waals surface area contributed by atoms with E-state index in [0.29, 0.717) is 6.10 Å². The molecule has 4 aliphatic rings. The Morgan fingerprint density at radius 3 is 2.62 bits per heavy atom. The standard InChI is InChI=1S/C13H24N2O/c1-10-12(4-7-16-10)8-14-13-9-15-5-2-11(13)3-6-15/h10-14H,2-9H2,1H3. The molecule has 2 bridgehead atoms. The van der Waals surface area contributed by atoms with Crippen LogP contribution in [-0.4, -0.2) is 49.8 Å². The molecule has 0 radical (unpaired) electrons. The first kappa shape index (κ1) is 11.0. The number of nitrogens with one attached hydrogen (secondary N) is 1. The van der Waals surface area contributed by atoms with E-state index in [4.69, 9.17) is 4.74 Å². The predicted octanol–water partition coefficient (Wildman–Crippen LogP) is 1.10. The van der Waals surface area contributed by atoms with Gasteiger partial charge in [-0.25, -0.2) is 0 Å². The molecule has 16 heavy (non-hydrogen) atoms. The highest BCUT2D eigenvalue weighted by atomic mass is 16.5. The SMILES string of the molecule is CC1OCCC1CNC1CN2CCC1CC2. The summed E-state index contributed by atoms with van der Waals surface area (Å²) >= 11 is 0. The van der Waals surface area contributed by atoms with E-state index in [2.05, 4.69) is 17.1 Å². The molecule has 0 amide bonds. The molecule has 3 unspecified atom stereocenters. The first-order chi connectivity index (χ1) is 7.83. The van der Waals surface area contributed by atoms with Gasteiger partial charge in [-0.05, 0) is 51.1 Å². The van der Waals surface area contributed by atoms with Crippen LogP contribution in [0.25, 0.3) is 0 Å². The molecule has 4 rings (SSSR count). The highest BCUT2D eigenvalue weighted by molar-refractivity contribution is 4.91. The van der Waals surface area contributed by atoms with Gasteiger partial charge in [0.05, 0.1) is 6.10 Å². The van der Waals surface area contributed by atoms with Crippen LogP contribution in [0.5, 0.6) is 0 Å². The summed E-state index contributed by atoms with van der Waals surface area (Å²) < 4.78 is 5.62. The van der Waals surface area contributed by atoms with Crippen molar-refractivity contribution in [1.82, 2.24) is 10.2 Å². The Bertz CT molecular complexity index is 238. The maximum atomic E-state index is 5.62. The van der Waals surface area contributed by atoms with Crippen molar-refractivity contribution in [2.45, 2.75) is 38.3 Å². The van der Waals surface area contributed by atoms with Gasteiger partial charge in [0, 0.05) is 25.7 Å². The third-order valence-corrected chi connectivity index (χ3v) is 4.83. The van der Waals surface area contributed by atoms with E-state index in [0.717, 1.165) is 31.0 Å². The summed E-state index contributed by atoms with van der Waals surface area (Å²) in [5.41, 5.74) is 0. The highest BCUT2D eigenvalue weighted by Crippen LogP contribution is 2.28. The number of fused-ring (bicyclic) bond motifs is 3. The molecule has 92 valence electrons. The van der Waals surface area contributed by atoms with Gasteiger partial charge in [0.1, 0.15) is 0 Å². The van der Waals surface area contributed by atoms with Crippen molar-refractivity contribution in [3.8, 4) is 0 Å². The summed E-state index contributed by atoms with van der Waals surface area (Å²) in [5.74, 6) is 1.69. The van der Waals surface area contributed by atoms with E-state index in [1.54, 1.807) is 0 Å². The van der Waals surface area contributed by atoms with Crippen molar-refractivity contribution in [1.29, 1.82) is 0 Å². The van der Waals surface area contributed by atoms with Gasteiger partial charge >= 0.3 is 0 Å². The van der Waals surface area contributed by atoms with Crippen molar-refractivity contribution in [3.63, 3.8) is 0 Å². The number of hydrogen-bond donors (Lipinski definition) is 1. The minimum Gasteiger partial charge on any atom is -0.378 e. The Balaban J connectivity index is 1.48. The van der Waals surface area contributed by atoms with Crippen LogP contribution in [0.1, 0.15) is 26.2 Å². The average molecular weight is 224 g/mol. The molecule has 0 aromatic carbocycles. The van der Waals surface area contributed by atoms with Crippen molar-refractivity contribution in [2.75, 3.05) is 32.8 Å².